The van der Waals surface area contributed by atoms with Gasteiger partial charge in [-0.05, 0) is 48.9 Å². The number of aryl methyl sites for hydroxylation is 2. The highest BCUT2D eigenvalue weighted by molar-refractivity contribution is 6.11. The molecular weight excluding hydrogens is 304 g/mol. The second-order valence-electron chi connectivity index (χ2n) is 5.94. The van der Waals surface area contributed by atoms with Crippen molar-refractivity contribution in [1.29, 1.82) is 0 Å². The van der Waals surface area contributed by atoms with Crippen molar-refractivity contribution in [2.24, 2.45) is 0 Å². The van der Waals surface area contributed by atoms with Crippen molar-refractivity contribution in [3.8, 4) is 5.75 Å². The molecule has 0 aliphatic heterocycles. The smallest absolute Gasteiger partial charge is 0.196 e. The maximum Gasteiger partial charge on any atom is 0.196 e. The first-order chi connectivity index (χ1) is 11.7. The number of benzene rings is 2. The van der Waals surface area contributed by atoms with Gasteiger partial charge in [0.15, 0.2) is 12.6 Å². The quantitative estimate of drug-likeness (QED) is 0.463. The number of carbonyl (C=O) groups excluding carboxylic acids is 2. The number of ether oxygens (including phenoxy) is 2. The van der Waals surface area contributed by atoms with Crippen LogP contribution in [-0.2, 0) is 17.6 Å². The van der Waals surface area contributed by atoms with Crippen molar-refractivity contribution in [3.63, 3.8) is 0 Å². The Bertz CT molecular complexity index is 747. The zero-order chi connectivity index (χ0) is 16.9. The van der Waals surface area contributed by atoms with Gasteiger partial charge in [-0.15, -0.1) is 0 Å². The van der Waals surface area contributed by atoms with Gasteiger partial charge in [-0.1, -0.05) is 24.3 Å². The van der Waals surface area contributed by atoms with E-state index in [0.29, 0.717) is 22.4 Å². The van der Waals surface area contributed by atoms with Gasteiger partial charge in [-0.2, -0.15) is 0 Å². The van der Waals surface area contributed by atoms with Crippen LogP contribution in [0.3, 0.4) is 0 Å². The molecule has 2 aromatic carbocycles. The Kier molecular flexibility index (Phi) is 5.06. The average molecular weight is 324 g/mol. The summed E-state index contributed by atoms with van der Waals surface area (Å²) in [6.45, 7) is 0.100. The van der Waals surface area contributed by atoms with Crippen molar-refractivity contribution in [2.45, 2.75) is 25.7 Å². The van der Waals surface area contributed by atoms with Crippen LogP contribution in [0.15, 0.2) is 36.4 Å². The van der Waals surface area contributed by atoms with E-state index in [-0.39, 0.29) is 12.6 Å². The Morgan fingerprint density at radius 3 is 2.38 bits per heavy atom. The average Bonchev–Trinajstić information content (AvgIpc) is 2.65. The molecule has 2 aromatic rings. The summed E-state index contributed by atoms with van der Waals surface area (Å²) >= 11 is 0. The molecule has 0 spiro atoms. The lowest BCUT2D eigenvalue weighted by Gasteiger charge is -2.19. The van der Waals surface area contributed by atoms with Crippen LogP contribution < -0.4 is 4.74 Å². The Hall–Kier alpha value is -2.46. The molecule has 4 nitrogen and oxygen atoms in total. The number of hydrogen-bond donors (Lipinski definition) is 0. The summed E-state index contributed by atoms with van der Waals surface area (Å²) in [6, 6.07) is 10.6. The lowest BCUT2D eigenvalue weighted by atomic mass is 9.88. The third kappa shape index (κ3) is 3.39. The first-order valence-electron chi connectivity index (χ1n) is 8.10. The molecule has 0 unspecified atom stereocenters. The predicted molar refractivity (Wildman–Crippen MR) is 90.9 cm³/mol. The van der Waals surface area contributed by atoms with Crippen LogP contribution in [0.5, 0.6) is 5.75 Å². The zero-order valence-electron chi connectivity index (χ0n) is 13.7. The largest absolute Gasteiger partial charge is 0.467 e. The van der Waals surface area contributed by atoms with E-state index >= 15 is 0 Å². The minimum Gasteiger partial charge on any atom is -0.467 e. The normalized spacial score (nSPS) is 13.2. The fraction of sp³-hybridized carbons (Fsp3) is 0.300. The summed E-state index contributed by atoms with van der Waals surface area (Å²) in [6.07, 6.45) is 5.08. The summed E-state index contributed by atoms with van der Waals surface area (Å²) in [5.41, 5.74) is 4.11. The summed E-state index contributed by atoms with van der Waals surface area (Å²) in [5, 5.41) is 0. The van der Waals surface area contributed by atoms with E-state index in [4.69, 9.17) is 9.47 Å². The number of aldehydes is 1. The van der Waals surface area contributed by atoms with Gasteiger partial charge in [0.05, 0.1) is 5.56 Å². The Labute approximate surface area is 141 Å². The van der Waals surface area contributed by atoms with Crippen molar-refractivity contribution < 1.29 is 19.1 Å². The van der Waals surface area contributed by atoms with Crippen LogP contribution in [0, 0.1) is 0 Å². The summed E-state index contributed by atoms with van der Waals surface area (Å²) in [5.74, 6) is 0.453. The number of ketones is 1. The summed E-state index contributed by atoms with van der Waals surface area (Å²) < 4.78 is 10.6. The summed E-state index contributed by atoms with van der Waals surface area (Å²) in [7, 11) is 1.55. The molecule has 0 bridgehead atoms. The number of carbonyl (C=O) groups is 2. The fourth-order valence-corrected chi connectivity index (χ4v) is 3.05. The number of fused-ring (bicyclic) bond motifs is 1. The van der Waals surface area contributed by atoms with E-state index in [0.717, 1.165) is 32.0 Å². The molecule has 1 aliphatic carbocycles. The van der Waals surface area contributed by atoms with Gasteiger partial charge >= 0.3 is 0 Å². The lowest BCUT2D eigenvalue weighted by molar-refractivity contribution is 0.0502. The minimum absolute atomic E-state index is 0.100. The highest BCUT2D eigenvalue weighted by Gasteiger charge is 2.20. The Morgan fingerprint density at radius 1 is 1.08 bits per heavy atom. The molecule has 0 atom stereocenters. The predicted octanol–water partition coefficient (Wildman–Crippen LogP) is 3.59. The highest BCUT2D eigenvalue weighted by Crippen LogP contribution is 2.31. The number of rotatable bonds is 6. The summed E-state index contributed by atoms with van der Waals surface area (Å²) in [4.78, 5) is 23.7. The van der Waals surface area contributed by atoms with E-state index in [9.17, 15) is 9.59 Å². The van der Waals surface area contributed by atoms with E-state index in [1.165, 1.54) is 11.1 Å². The van der Waals surface area contributed by atoms with Gasteiger partial charge in [-0.25, -0.2) is 0 Å². The molecule has 0 N–H and O–H groups in total. The molecule has 0 heterocycles. The minimum atomic E-state index is -0.105. The third-order valence-electron chi connectivity index (χ3n) is 4.33. The first-order valence-corrected chi connectivity index (χ1v) is 8.10. The standard InChI is InChI=1S/C20H20O4/c1-23-13-24-19-11-17-5-3-2-4-16(17)10-18(19)20(22)15-8-6-14(12-21)7-9-15/h6-12H,2-5,13H2,1H3. The number of hydrogen-bond acceptors (Lipinski definition) is 4. The molecule has 0 saturated carbocycles. The first kappa shape index (κ1) is 16.4. The lowest BCUT2D eigenvalue weighted by Crippen LogP contribution is -2.11. The molecule has 1 aliphatic rings. The molecule has 4 heteroatoms. The van der Waals surface area contributed by atoms with Crippen molar-refractivity contribution in [2.75, 3.05) is 13.9 Å². The molecule has 0 aromatic heterocycles. The second kappa shape index (κ2) is 7.41. The van der Waals surface area contributed by atoms with Crippen molar-refractivity contribution in [3.05, 3.63) is 64.2 Å². The van der Waals surface area contributed by atoms with E-state index in [2.05, 4.69) is 0 Å². The molecule has 124 valence electrons. The highest BCUT2D eigenvalue weighted by atomic mass is 16.7. The fourth-order valence-electron chi connectivity index (χ4n) is 3.05. The molecule has 0 radical (unpaired) electrons. The van der Waals surface area contributed by atoms with Crippen molar-refractivity contribution >= 4 is 12.1 Å². The van der Waals surface area contributed by atoms with Gasteiger partial charge in [0.1, 0.15) is 12.0 Å². The molecule has 0 fully saturated rings. The van der Waals surface area contributed by atoms with Crippen molar-refractivity contribution in [1.82, 2.24) is 0 Å². The van der Waals surface area contributed by atoms with Gasteiger partial charge in [0.2, 0.25) is 0 Å². The Morgan fingerprint density at radius 2 is 1.75 bits per heavy atom. The van der Waals surface area contributed by atoms with E-state index in [1.54, 1.807) is 31.4 Å². The van der Waals surface area contributed by atoms with Crippen LogP contribution in [-0.4, -0.2) is 26.0 Å². The maximum atomic E-state index is 12.9. The molecule has 0 amide bonds. The SMILES string of the molecule is COCOc1cc2c(cc1C(=O)c1ccc(C=O)cc1)CCCC2. The monoisotopic (exact) mass is 324 g/mol. The molecule has 3 rings (SSSR count). The van der Waals surface area contributed by atoms with Gasteiger partial charge in [-0.3, -0.25) is 9.59 Å². The van der Waals surface area contributed by atoms with Crippen LogP contribution in [0.4, 0.5) is 0 Å². The zero-order valence-corrected chi connectivity index (χ0v) is 13.7. The molecule has 24 heavy (non-hydrogen) atoms. The third-order valence-corrected chi connectivity index (χ3v) is 4.33. The Balaban J connectivity index is 1.99. The van der Waals surface area contributed by atoms with E-state index < -0.39 is 0 Å². The van der Waals surface area contributed by atoms with E-state index in [1.807, 2.05) is 12.1 Å². The molecule has 0 saturated heterocycles. The van der Waals surface area contributed by atoms with Gasteiger partial charge in [0.25, 0.3) is 0 Å². The van der Waals surface area contributed by atoms with Crippen LogP contribution in [0.25, 0.3) is 0 Å². The second-order valence-corrected chi connectivity index (χ2v) is 5.94. The van der Waals surface area contributed by atoms with Crippen LogP contribution in [0.2, 0.25) is 0 Å². The topological polar surface area (TPSA) is 52.6 Å². The molecular formula is C20H20O4. The van der Waals surface area contributed by atoms with Gasteiger partial charge < -0.3 is 9.47 Å². The van der Waals surface area contributed by atoms with Crippen LogP contribution in [0.1, 0.15) is 50.2 Å². The number of methoxy groups -OCH3 is 1. The maximum absolute atomic E-state index is 12.9. The van der Waals surface area contributed by atoms with Crippen LogP contribution >= 0.6 is 0 Å². The van der Waals surface area contributed by atoms with Gasteiger partial charge in [0, 0.05) is 18.2 Å².